The summed E-state index contributed by atoms with van der Waals surface area (Å²) in [4.78, 5) is 7.11. The second-order valence-corrected chi connectivity index (χ2v) is 7.02. The quantitative estimate of drug-likeness (QED) is 0.910. The van der Waals surface area contributed by atoms with E-state index in [-0.39, 0.29) is 0 Å². The van der Waals surface area contributed by atoms with Crippen LogP contribution in [0.2, 0.25) is 0 Å². The Hall–Kier alpha value is -1.13. The highest BCUT2D eigenvalue weighted by atomic mass is 79.9. The minimum absolute atomic E-state index is 0.538. The van der Waals surface area contributed by atoms with Crippen LogP contribution in [0.3, 0.4) is 0 Å². The molecular weight excluding hydrogens is 326 g/mol. The lowest BCUT2D eigenvalue weighted by Gasteiger charge is -2.36. The number of nitrogens with one attached hydrogen (secondary N) is 1. The third-order valence-corrected chi connectivity index (χ3v) is 4.42. The van der Waals surface area contributed by atoms with E-state index < -0.39 is 0 Å². The molecule has 1 N–H and O–H groups in total. The molecular formula is C17H22BrN3. The van der Waals surface area contributed by atoms with Gasteiger partial charge in [0.05, 0.1) is 11.2 Å². The van der Waals surface area contributed by atoms with Crippen LogP contribution in [0.4, 0.5) is 5.69 Å². The number of anilines is 1. The fourth-order valence-electron chi connectivity index (χ4n) is 3.18. The number of rotatable bonds is 3. The highest BCUT2D eigenvalue weighted by molar-refractivity contribution is 9.10. The second kappa shape index (κ2) is 6.32. The lowest BCUT2D eigenvalue weighted by molar-refractivity contribution is 0.395. The highest BCUT2D eigenvalue weighted by Gasteiger charge is 2.21. The first-order valence-electron chi connectivity index (χ1n) is 7.69. The summed E-state index contributed by atoms with van der Waals surface area (Å²) in [5.74, 6) is 0. The molecule has 0 spiro atoms. The van der Waals surface area contributed by atoms with Crippen molar-refractivity contribution in [3.05, 3.63) is 34.9 Å². The second-order valence-electron chi connectivity index (χ2n) is 6.11. The van der Waals surface area contributed by atoms with E-state index >= 15 is 0 Å². The maximum absolute atomic E-state index is 4.63. The van der Waals surface area contributed by atoms with Crippen LogP contribution in [0.5, 0.6) is 0 Å². The predicted molar refractivity (Wildman–Crippen MR) is 92.9 cm³/mol. The van der Waals surface area contributed by atoms with Crippen LogP contribution >= 0.6 is 15.9 Å². The van der Waals surface area contributed by atoms with Crippen LogP contribution in [-0.4, -0.2) is 30.2 Å². The Morgan fingerprint density at radius 3 is 3.05 bits per heavy atom. The summed E-state index contributed by atoms with van der Waals surface area (Å²) in [5.41, 5.74) is 2.36. The molecule has 0 saturated carbocycles. The van der Waals surface area contributed by atoms with Gasteiger partial charge in [-0.3, -0.25) is 4.98 Å². The smallest absolute Gasteiger partial charge is 0.0936 e. The van der Waals surface area contributed by atoms with Crippen LogP contribution in [0.15, 0.2) is 34.9 Å². The van der Waals surface area contributed by atoms with Crippen molar-refractivity contribution in [1.82, 2.24) is 10.3 Å². The molecule has 0 bridgehead atoms. The zero-order valence-electron chi connectivity index (χ0n) is 12.6. The summed E-state index contributed by atoms with van der Waals surface area (Å²) in [6.45, 7) is 6.62. The van der Waals surface area contributed by atoms with E-state index in [1.807, 2.05) is 6.20 Å². The van der Waals surface area contributed by atoms with E-state index in [1.54, 1.807) is 0 Å². The van der Waals surface area contributed by atoms with Crippen LogP contribution in [-0.2, 0) is 0 Å². The Bertz CT molecular complexity index is 626. The molecule has 2 aromatic rings. The maximum Gasteiger partial charge on any atom is 0.0936 e. The number of para-hydroxylation sites is 1. The fourth-order valence-corrected chi connectivity index (χ4v) is 3.53. The van der Waals surface area contributed by atoms with E-state index in [0.29, 0.717) is 12.1 Å². The molecule has 3 nitrogen and oxygen atoms in total. The topological polar surface area (TPSA) is 28.2 Å². The number of nitrogens with zero attached hydrogens (tertiary/aromatic N) is 2. The lowest BCUT2D eigenvalue weighted by atomic mass is 10.0. The summed E-state index contributed by atoms with van der Waals surface area (Å²) in [6.07, 6.45) is 4.38. The van der Waals surface area contributed by atoms with Crippen LogP contribution < -0.4 is 10.2 Å². The largest absolute Gasteiger partial charge is 0.368 e. The Kier molecular flexibility index (Phi) is 4.45. The number of aromatic nitrogens is 1. The molecule has 1 fully saturated rings. The molecule has 0 aliphatic carbocycles. The van der Waals surface area contributed by atoms with Gasteiger partial charge in [-0.25, -0.2) is 0 Å². The average Bonchev–Trinajstić information content (AvgIpc) is 2.46. The number of halogens is 1. The van der Waals surface area contributed by atoms with Crippen LogP contribution in [0.25, 0.3) is 10.9 Å². The standard InChI is InChI=1S/C17H22BrN3/c1-12(2)20-15-6-4-8-21(11-15)16-7-3-5-13-9-14(18)10-19-17(13)16/h3,5,7,9-10,12,15,20H,4,6,8,11H2,1-2H3. The first-order chi connectivity index (χ1) is 10.1. The molecule has 0 radical (unpaired) electrons. The first kappa shape index (κ1) is 14.8. The summed E-state index contributed by atoms with van der Waals surface area (Å²) in [5, 5.41) is 4.86. The van der Waals surface area contributed by atoms with Crippen LogP contribution in [0, 0.1) is 0 Å². The maximum atomic E-state index is 4.63. The Labute approximate surface area is 134 Å². The van der Waals surface area contributed by atoms with Crippen molar-refractivity contribution in [3.8, 4) is 0 Å². The minimum Gasteiger partial charge on any atom is -0.368 e. The number of pyridine rings is 1. The van der Waals surface area contributed by atoms with Crippen molar-refractivity contribution in [1.29, 1.82) is 0 Å². The van der Waals surface area contributed by atoms with Crippen molar-refractivity contribution in [2.24, 2.45) is 0 Å². The van der Waals surface area contributed by atoms with Gasteiger partial charge >= 0.3 is 0 Å². The summed E-state index contributed by atoms with van der Waals surface area (Å²) >= 11 is 3.50. The highest BCUT2D eigenvalue weighted by Crippen LogP contribution is 2.29. The van der Waals surface area contributed by atoms with Gasteiger partial charge in [-0.05, 0) is 40.9 Å². The molecule has 3 rings (SSSR count). The van der Waals surface area contributed by atoms with E-state index in [9.17, 15) is 0 Å². The molecule has 1 unspecified atom stereocenters. The number of benzene rings is 1. The van der Waals surface area contributed by atoms with Gasteiger partial charge in [0, 0.05) is 41.2 Å². The molecule has 1 aliphatic heterocycles. The van der Waals surface area contributed by atoms with Gasteiger partial charge in [-0.2, -0.15) is 0 Å². The van der Waals surface area contributed by atoms with E-state index in [4.69, 9.17) is 0 Å². The van der Waals surface area contributed by atoms with Gasteiger partial charge in [0.2, 0.25) is 0 Å². The zero-order valence-corrected chi connectivity index (χ0v) is 14.2. The summed E-state index contributed by atoms with van der Waals surface area (Å²) < 4.78 is 1.03. The Morgan fingerprint density at radius 1 is 1.38 bits per heavy atom. The molecule has 1 aliphatic rings. The lowest BCUT2D eigenvalue weighted by Crippen LogP contribution is -2.48. The molecule has 4 heteroatoms. The van der Waals surface area contributed by atoms with E-state index in [1.165, 1.54) is 23.9 Å². The van der Waals surface area contributed by atoms with Crippen molar-refractivity contribution in [2.75, 3.05) is 18.0 Å². The first-order valence-corrected chi connectivity index (χ1v) is 8.48. The number of hydrogen-bond acceptors (Lipinski definition) is 3. The van der Waals surface area contributed by atoms with Gasteiger partial charge in [-0.15, -0.1) is 0 Å². The molecule has 1 atom stereocenters. The normalized spacial score (nSPS) is 19.4. The molecule has 1 saturated heterocycles. The molecule has 1 aromatic heterocycles. The SMILES string of the molecule is CC(C)NC1CCCN(c2cccc3cc(Br)cnc23)C1. The van der Waals surface area contributed by atoms with E-state index in [0.717, 1.165) is 23.1 Å². The van der Waals surface area contributed by atoms with Crippen molar-refractivity contribution < 1.29 is 0 Å². The number of fused-ring (bicyclic) bond motifs is 1. The third kappa shape index (κ3) is 3.38. The Morgan fingerprint density at radius 2 is 2.24 bits per heavy atom. The predicted octanol–water partition coefficient (Wildman–Crippen LogP) is 3.96. The van der Waals surface area contributed by atoms with Crippen molar-refractivity contribution in [2.45, 2.75) is 38.8 Å². The van der Waals surface area contributed by atoms with Gasteiger partial charge in [0.25, 0.3) is 0 Å². The molecule has 2 heterocycles. The van der Waals surface area contributed by atoms with Gasteiger partial charge in [-0.1, -0.05) is 26.0 Å². The van der Waals surface area contributed by atoms with Crippen LogP contribution in [0.1, 0.15) is 26.7 Å². The van der Waals surface area contributed by atoms with Gasteiger partial charge < -0.3 is 10.2 Å². The zero-order chi connectivity index (χ0) is 14.8. The fraction of sp³-hybridized carbons (Fsp3) is 0.471. The Balaban J connectivity index is 1.89. The number of hydrogen-bond donors (Lipinski definition) is 1. The van der Waals surface area contributed by atoms with Gasteiger partial charge in [0.15, 0.2) is 0 Å². The monoisotopic (exact) mass is 347 g/mol. The summed E-state index contributed by atoms with van der Waals surface area (Å²) in [7, 11) is 0. The average molecular weight is 348 g/mol. The van der Waals surface area contributed by atoms with Crippen molar-refractivity contribution >= 4 is 32.5 Å². The number of piperidine rings is 1. The molecule has 21 heavy (non-hydrogen) atoms. The molecule has 112 valence electrons. The summed E-state index contributed by atoms with van der Waals surface area (Å²) in [6, 6.07) is 9.71. The van der Waals surface area contributed by atoms with Crippen molar-refractivity contribution in [3.63, 3.8) is 0 Å². The molecule has 0 amide bonds. The van der Waals surface area contributed by atoms with Gasteiger partial charge in [0.1, 0.15) is 0 Å². The molecule has 1 aromatic carbocycles. The third-order valence-electron chi connectivity index (χ3n) is 3.99. The van der Waals surface area contributed by atoms with E-state index in [2.05, 4.69) is 69.2 Å². The minimum atomic E-state index is 0.538.